The van der Waals surface area contributed by atoms with Crippen molar-refractivity contribution >= 4 is 44.9 Å². The number of carbonyl (C=O) groups is 2. The summed E-state index contributed by atoms with van der Waals surface area (Å²) in [5.41, 5.74) is 6.18. The standard InChI is InChI=1S/C29H28BrN3O3/c30-22-10-13-24-25(17-22)32-29(36)27(24)28(21-8-3-19(4-9-21)7-14-26(34)35)31-23-11-5-20(6-12-23)18-33-15-1-2-16-33/h3-6,8-13,17,27H,1-2,7,14-16,18H2,(H,32,36)(H,34,35). The zero-order valence-corrected chi connectivity index (χ0v) is 21.5. The van der Waals surface area contributed by atoms with E-state index in [0.717, 1.165) is 52.2 Å². The molecule has 0 aliphatic carbocycles. The number of aliphatic imine (C=N–C) groups is 1. The average molecular weight is 546 g/mol. The van der Waals surface area contributed by atoms with Crippen molar-refractivity contribution in [2.45, 2.75) is 38.1 Å². The van der Waals surface area contributed by atoms with Crippen molar-refractivity contribution in [1.82, 2.24) is 4.90 Å². The Bertz CT molecular complexity index is 1300. The summed E-state index contributed by atoms with van der Waals surface area (Å²) in [6.45, 7) is 3.25. The summed E-state index contributed by atoms with van der Waals surface area (Å²) >= 11 is 3.48. The van der Waals surface area contributed by atoms with Gasteiger partial charge in [0.1, 0.15) is 5.92 Å². The van der Waals surface area contributed by atoms with Crippen molar-refractivity contribution in [2.24, 2.45) is 4.99 Å². The van der Waals surface area contributed by atoms with E-state index in [9.17, 15) is 9.59 Å². The fourth-order valence-electron chi connectivity index (χ4n) is 4.91. The third-order valence-electron chi connectivity index (χ3n) is 6.79. The van der Waals surface area contributed by atoms with Crippen LogP contribution in [0.4, 0.5) is 11.4 Å². The van der Waals surface area contributed by atoms with Gasteiger partial charge in [0.05, 0.1) is 11.4 Å². The Hall–Kier alpha value is -3.29. The van der Waals surface area contributed by atoms with Crippen molar-refractivity contribution < 1.29 is 14.7 Å². The zero-order chi connectivity index (χ0) is 25.1. The predicted octanol–water partition coefficient (Wildman–Crippen LogP) is 5.92. The molecule has 0 aromatic heterocycles. The SMILES string of the molecule is O=C(O)CCc1ccc(C(=Nc2ccc(CN3CCCC3)cc2)C2C(=O)Nc3cc(Br)ccc32)cc1. The lowest BCUT2D eigenvalue weighted by molar-refractivity contribution is -0.137. The zero-order valence-electron chi connectivity index (χ0n) is 19.9. The minimum Gasteiger partial charge on any atom is -0.481 e. The molecule has 3 aromatic rings. The molecular formula is C29H28BrN3O3. The van der Waals surface area contributed by atoms with Gasteiger partial charge in [-0.2, -0.15) is 0 Å². The number of amides is 1. The third-order valence-corrected chi connectivity index (χ3v) is 7.28. The Labute approximate surface area is 219 Å². The Morgan fingerprint density at radius 2 is 1.69 bits per heavy atom. The van der Waals surface area contributed by atoms with Crippen molar-refractivity contribution in [1.29, 1.82) is 0 Å². The third kappa shape index (κ3) is 5.58. The molecule has 5 rings (SSSR count). The number of nitrogens with one attached hydrogen (secondary N) is 1. The Balaban J connectivity index is 1.48. The maximum Gasteiger partial charge on any atom is 0.303 e. The van der Waals surface area contributed by atoms with Crippen LogP contribution in [0.5, 0.6) is 0 Å². The molecule has 7 heteroatoms. The molecule has 0 saturated carbocycles. The van der Waals surface area contributed by atoms with E-state index >= 15 is 0 Å². The van der Waals surface area contributed by atoms with Crippen LogP contribution in [0, 0.1) is 0 Å². The second kappa shape index (κ2) is 10.8. The van der Waals surface area contributed by atoms with Crippen LogP contribution in [0.2, 0.25) is 0 Å². The fourth-order valence-corrected chi connectivity index (χ4v) is 5.27. The monoisotopic (exact) mass is 545 g/mol. The fraction of sp³-hybridized carbons (Fsp3) is 0.276. The number of carboxylic acid groups (broad SMARTS) is 1. The van der Waals surface area contributed by atoms with E-state index in [1.54, 1.807) is 0 Å². The Morgan fingerprint density at radius 1 is 1.00 bits per heavy atom. The molecule has 1 amide bonds. The molecule has 2 aliphatic rings. The van der Waals surface area contributed by atoms with Crippen molar-refractivity contribution in [3.05, 3.63) is 93.5 Å². The number of carbonyl (C=O) groups excluding carboxylic acids is 1. The maximum atomic E-state index is 13.2. The van der Waals surface area contributed by atoms with Gasteiger partial charge in [-0.25, -0.2) is 0 Å². The number of carboxylic acids is 1. The van der Waals surface area contributed by atoms with Gasteiger partial charge >= 0.3 is 5.97 Å². The molecule has 1 atom stereocenters. The number of anilines is 1. The summed E-state index contributed by atoms with van der Waals surface area (Å²) in [7, 11) is 0. The number of aryl methyl sites for hydroxylation is 1. The minimum absolute atomic E-state index is 0.0807. The lowest BCUT2D eigenvalue weighted by Gasteiger charge is -2.16. The first kappa shape index (κ1) is 24.4. The number of hydrogen-bond donors (Lipinski definition) is 2. The number of halogens is 1. The highest BCUT2D eigenvalue weighted by molar-refractivity contribution is 9.10. The minimum atomic E-state index is -0.820. The highest BCUT2D eigenvalue weighted by Gasteiger charge is 2.35. The van der Waals surface area contributed by atoms with E-state index in [2.05, 4.69) is 38.3 Å². The van der Waals surface area contributed by atoms with Gasteiger partial charge in [-0.05, 0) is 78.9 Å². The molecule has 0 radical (unpaired) electrons. The molecule has 184 valence electrons. The normalized spacial score (nSPS) is 17.8. The highest BCUT2D eigenvalue weighted by Crippen LogP contribution is 2.38. The predicted molar refractivity (Wildman–Crippen MR) is 145 cm³/mol. The molecule has 1 fully saturated rings. The highest BCUT2D eigenvalue weighted by atomic mass is 79.9. The smallest absolute Gasteiger partial charge is 0.303 e. The van der Waals surface area contributed by atoms with Gasteiger partial charge in [-0.15, -0.1) is 0 Å². The second-order valence-electron chi connectivity index (χ2n) is 9.39. The van der Waals surface area contributed by atoms with Gasteiger partial charge in [0, 0.05) is 23.1 Å². The first-order valence-corrected chi connectivity index (χ1v) is 13.1. The maximum absolute atomic E-state index is 13.2. The molecule has 1 unspecified atom stereocenters. The molecule has 1 saturated heterocycles. The summed E-state index contributed by atoms with van der Waals surface area (Å²) in [6, 6.07) is 21.8. The lowest BCUT2D eigenvalue weighted by Crippen LogP contribution is -2.22. The van der Waals surface area contributed by atoms with Gasteiger partial charge in [-0.3, -0.25) is 19.5 Å². The number of likely N-dealkylation sites (tertiary alicyclic amines) is 1. The first-order valence-electron chi connectivity index (χ1n) is 12.3. The van der Waals surface area contributed by atoms with Gasteiger partial charge in [0.2, 0.25) is 5.91 Å². The summed E-state index contributed by atoms with van der Waals surface area (Å²) in [5, 5.41) is 12.0. The molecule has 3 aromatic carbocycles. The van der Waals surface area contributed by atoms with Crippen molar-refractivity contribution in [2.75, 3.05) is 18.4 Å². The Kier molecular flexibility index (Phi) is 7.30. The van der Waals surface area contributed by atoms with Gasteiger partial charge in [0.25, 0.3) is 0 Å². The van der Waals surface area contributed by atoms with E-state index in [4.69, 9.17) is 10.1 Å². The topological polar surface area (TPSA) is 82.0 Å². The van der Waals surface area contributed by atoms with Crippen LogP contribution in [0.25, 0.3) is 0 Å². The van der Waals surface area contributed by atoms with Crippen LogP contribution >= 0.6 is 15.9 Å². The van der Waals surface area contributed by atoms with E-state index in [0.29, 0.717) is 12.1 Å². The summed E-state index contributed by atoms with van der Waals surface area (Å²) in [4.78, 5) is 31.6. The first-order chi connectivity index (χ1) is 17.5. The lowest BCUT2D eigenvalue weighted by atomic mass is 9.90. The number of rotatable bonds is 8. The molecule has 36 heavy (non-hydrogen) atoms. The quantitative estimate of drug-likeness (QED) is 0.344. The van der Waals surface area contributed by atoms with Crippen LogP contribution in [0.15, 0.2) is 76.2 Å². The average Bonchev–Trinajstić information content (AvgIpc) is 3.49. The van der Waals surface area contributed by atoms with E-state index in [-0.39, 0.29) is 12.3 Å². The molecule has 0 spiro atoms. The molecule has 2 heterocycles. The largest absolute Gasteiger partial charge is 0.481 e. The van der Waals surface area contributed by atoms with Gasteiger partial charge in [0.15, 0.2) is 0 Å². The van der Waals surface area contributed by atoms with Crippen LogP contribution in [-0.4, -0.2) is 40.7 Å². The van der Waals surface area contributed by atoms with Crippen LogP contribution in [-0.2, 0) is 22.6 Å². The number of fused-ring (bicyclic) bond motifs is 1. The van der Waals surface area contributed by atoms with Gasteiger partial charge in [-0.1, -0.05) is 58.4 Å². The number of nitrogens with zero attached hydrogens (tertiary/aromatic N) is 2. The number of aliphatic carboxylic acids is 1. The van der Waals surface area contributed by atoms with Crippen molar-refractivity contribution in [3.63, 3.8) is 0 Å². The molecule has 2 aliphatic heterocycles. The molecule has 0 bridgehead atoms. The van der Waals surface area contributed by atoms with Gasteiger partial charge < -0.3 is 10.4 Å². The van der Waals surface area contributed by atoms with Crippen LogP contribution in [0.3, 0.4) is 0 Å². The second-order valence-corrected chi connectivity index (χ2v) is 10.3. The van der Waals surface area contributed by atoms with Crippen LogP contribution in [0.1, 0.15) is 47.4 Å². The Morgan fingerprint density at radius 3 is 2.39 bits per heavy atom. The summed E-state index contributed by atoms with van der Waals surface area (Å²) < 4.78 is 0.900. The van der Waals surface area contributed by atoms with Crippen LogP contribution < -0.4 is 5.32 Å². The summed E-state index contributed by atoms with van der Waals surface area (Å²) in [6.07, 6.45) is 3.07. The number of benzene rings is 3. The molecule has 6 nitrogen and oxygen atoms in total. The number of hydrogen-bond acceptors (Lipinski definition) is 4. The van der Waals surface area contributed by atoms with E-state index < -0.39 is 11.9 Å². The van der Waals surface area contributed by atoms with E-state index in [1.807, 2.05) is 54.6 Å². The molecular weight excluding hydrogens is 518 g/mol. The molecule has 2 N–H and O–H groups in total. The summed E-state index contributed by atoms with van der Waals surface area (Å²) in [5.74, 6) is -1.47. The van der Waals surface area contributed by atoms with Crippen molar-refractivity contribution in [3.8, 4) is 0 Å². The van der Waals surface area contributed by atoms with E-state index in [1.165, 1.54) is 18.4 Å².